The lowest BCUT2D eigenvalue weighted by Gasteiger charge is -2.39. The van der Waals surface area contributed by atoms with E-state index in [1.807, 2.05) is 25.1 Å². The maximum Gasteiger partial charge on any atom is 0.304 e. The van der Waals surface area contributed by atoms with Gasteiger partial charge in [-0.3, -0.25) is 14.6 Å². The van der Waals surface area contributed by atoms with E-state index < -0.39 is 5.97 Å². The molecule has 22 heavy (non-hydrogen) atoms. The molecule has 0 aromatic heterocycles. The van der Waals surface area contributed by atoms with Gasteiger partial charge in [-0.2, -0.15) is 0 Å². The Morgan fingerprint density at radius 1 is 1.36 bits per heavy atom. The summed E-state index contributed by atoms with van der Waals surface area (Å²) in [6.45, 7) is 9.21. The predicted octanol–water partition coefficient (Wildman–Crippen LogP) is 2.07. The normalized spacial score (nSPS) is 20.0. The van der Waals surface area contributed by atoms with Crippen LogP contribution in [-0.2, 0) is 11.3 Å². The number of carboxylic acid groups (broad SMARTS) is 1. The number of carboxylic acids is 1. The lowest BCUT2D eigenvalue weighted by molar-refractivity contribution is -0.137. The van der Waals surface area contributed by atoms with Crippen LogP contribution in [-0.4, -0.2) is 59.7 Å². The Morgan fingerprint density at radius 2 is 2.14 bits per heavy atom. The van der Waals surface area contributed by atoms with Gasteiger partial charge in [0.2, 0.25) is 0 Å². The highest BCUT2D eigenvalue weighted by Crippen LogP contribution is 2.21. The van der Waals surface area contributed by atoms with Crippen LogP contribution in [0.2, 0.25) is 0 Å². The van der Waals surface area contributed by atoms with E-state index in [4.69, 9.17) is 9.84 Å². The van der Waals surface area contributed by atoms with Crippen LogP contribution >= 0.6 is 0 Å². The summed E-state index contributed by atoms with van der Waals surface area (Å²) in [6.07, 6.45) is 0.220. The molecular weight excluding hydrogens is 280 g/mol. The maximum atomic E-state index is 10.7. The van der Waals surface area contributed by atoms with E-state index in [0.29, 0.717) is 19.2 Å². The van der Waals surface area contributed by atoms with Crippen LogP contribution in [0.25, 0.3) is 0 Å². The second kappa shape index (κ2) is 8.15. The summed E-state index contributed by atoms with van der Waals surface area (Å²) in [5.74, 6) is 0.242. The number of para-hydroxylation sites is 1. The van der Waals surface area contributed by atoms with Crippen LogP contribution < -0.4 is 4.74 Å². The molecule has 0 radical (unpaired) electrons. The first-order chi connectivity index (χ1) is 10.6. The number of aliphatic carboxylic acids is 1. The monoisotopic (exact) mass is 306 g/mol. The van der Waals surface area contributed by atoms with Gasteiger partial charge in [0, 0.05) is 44.3 Å². The highest BCUT2D eigenvalue weighted by atomic mass is 16.5. The van der Waals surface area contributed by atoms with E-state index in [-0.39, 0.29) is 6.42 Å². The Labute approximate surface area is 132 Å². The molecule has 5 nitrogen and oxygen atoms in total. The summed E-state index contributed by atoms with van der Waals surface area (Å²) in [4.78, 5) is 15.4. The molecule has 1 aliphatic heterocycles. The van der Waals surface area contributed by atoms with Crippen molar-refractivity contribution in [2.24, 2.45) is 0 Å². The van der Waals surface area contributed by atoms with E-state index in [0.717, 1.165) is 31.9 Å². The standard InChI is InChI=1S/C17H26N2O3/c1-3-22-16-7-5-4-6-15(16)13-18-10-11-19(14(2)12-18)9-8-17(20)21/h4-7,14H,3,8-13H2,1-2H3,(H,20,21). The van der Waals surface area contributed by atoms with Crippen molar-refractivity contribution in [3.8, 4) is 5.75 Å². The van der Waals surface area contributed by atoms with Gasteiger partial charge < -0.3 is 9.84 Å². The van der Waals surface area contributed by atoms with Crippen molar-refractivity contribution in [1.82, 2.24) is 9.80 Å². The van der Waals surface area contributed by atoms with Crippen molar-refractivity contribution in [2.75, 3.05) is 32.8 Å². The molecule has 1 aliphatic rings. The van der Waals surface area contributed by atoms with Crippen molar-refractivity contribution in [1.29, 1.82) is 0 Å². The summed E-state index contributed by atoms with van der Waals surface area (Å²) in [5, 5.41) is 8.81. The third-order valence-corrected chi connectivity index (χ3v) is 4.13. The van der Waals surface area contributed by atoms with E-state index in [1.54, 1.807) is 0 Å². The molecule has 1 fully saturated rings. The smallest absolute Gasteiger partial charge is 0.304 e. The summed E-state index contributed by atoms with van der Waals surface area (Å²) in [5.41, 5.74) is 1.22. The van der Waals surface area contributed by atoms with Gasteiger partial charge in [-0.25, -0.2) is 0 Å². The van der Waals surface area contributed by atoms with Crippen LogP contribution in [0.4, 0.5) is 0 Å². The molecule has 1 atom stereocenters. The lowest BCUT2D eigenvalue weighted by Crippen LogP contribution is -2.51. The third-order valence-electron chi connectivity index (χ3n) is 4.13. The van der Waals surface area contributed by atoms with E-state index >= 15 is 0 Å². The molecule has 0 bridgehead atoms. The zero-order valence-corrected chi connectivity index (χ0v) is 13.5. The van der Waals surface area contributed by atoms with Crippen LogP contribution in [0.15, 0.2) is 24.3 Å². The van der Waals surface area contributed by atoms with Gasteiger partial charge in [0.25, 0.3) is 0 Å². The van der Waals surface area contributed by atoms with Gasteiger partial charge in [0.15, 0.2) is 0 Å². The fraction of sp³-hybridized carbons (Fsp3) is 0.588. The van der Waals surface area contributed by atoms with Crippen LogP contribution in [0, 0.1) is 0 Å². The Kier molecular flexibility index (Phi) is 6.21. The summed E-state index contributed by atoms with van der Waals surface area (Å²) >= 11 is 0. The number of rotatable bonds is 7. The SMILES string of the molecule is CCOc1ccccc1CN1CCN(CCC(=O)O)C(C)C1. The molecule has 0 amide bonds. The number of hydrogen-bond acceptors (Lipinski definition) is 4. The molecule has 0 aliphatic carbocycles. The Morgan fingerprint density at radius 3 is 2.82 bits per heavy atom. The molecule has 1 heterocycles. The molecule has 122 valence electrons. The number of hydrogen-bond donors (Lipinski definition) is 1. The number of piperazine rings is 1. The average Bonchev–Trinajstić information content (AvgIpc) is 2.48. The molecule has 2 rings (SSSR count). The van der Waals surface area contributed by atoms with Gasteiger partial charge >= 0.3 is 5.97 Å². The average molecular weight is 306 g/mol. The van der Waals surface area contributed by atoms with Crippen molar-refractivity contribution in [3.05, 3.63) is 29.8 Å². The minimum absolute atomic E-state index is 0.220. The van der Waals surface area contributed by atoms with Gasteiger partial charge in [-0.05, 0) is 19.9 Å². The number of nitrogens with zero attached hydrogens (tertiary/aromatic N) is 2. The minimum atomic E-state index is -0.722. The van der Waals surface area contributed by atoms with E-state index in [9.17, 15) is 4.79 Å². The summed E-state index contributed by atoms with van der Waals surface area (Å²) in [7, 11) is 0. The lowest BCUT2D eigenvalue weighted by atomic mass is 10.1. The predicted molar refractivity (Wildman–Crippen MR) is 86.2 cm³/mol. The zero-order valence-electron chi connectivity index (χ0n) is 13.5. The first kappa shape index (κ1) is 16.8. The highest BCUT2D eigenvalue weighted by molar-refractivity contribution is 5.66. The largest absolute Gasteiger partial charge is 0.494 e. The van der Waals surface area contributed by atoms with Crippen LogP contribution in [0.3, 0.4) is 0 Å². The highest BCUT2D eigenvalue weighted by Gasteiger charge is 2.24. The first-order valence-electron chi connectivity index (χ1n) is 7.99. The van der Waals surface area contributed by atoms with E-state index in [2.05, 4.69) is 22.8 Å². The quantitative estimate of drug-likeness (QED) is 0.836. The van der Waals surface area contributed by atoms with Crippen molar-refractivity contribution in [3.63, 3.8) is 0 Å². The topological polar surface area (TPSA) is 53.0 Å². The molecule has 1 unspecified atom stereocenters. The van der Waals surface area contributed by atoms with Crippen LogP contribution in [0.5, 0.6) is 5.75 Å². The number of ether oxygens (including phenoxy) is 1. The molecule has 5 heteroatoms. The number of carbonyl (C=O) groups is 1. The van der Waals surface area contributed by atoms with Gasteiger partial charge in [0.05, 0.1) is 13.0 Å². The summed E-state index contributed by atoms with van der Waals surface area (Å²) in [6, 6.07) is 8.57. The first-order valence-corrected chi connectivity index (χ1v) is 7.99. The van der Waals surface area contributed by atoms with Gasteiger partial charge in [-0.15, -0.1) is 0 Å². The van der Waals surface area contributed by atoms with Crippen molar-refractivity contribution < 1.29 is 14.6 Å². The van der Waals surface area contributed by atoms with Gasteiger partial charge in [-0.1, -0.05) is 18.2 Å². The molecule has 1 saturated heterocycles. The second-order valence-corrected chi connectivity index (χ2v) is 5.80. The van der Waals surface area contributed by atoms with Crippen molar-refractivity contribution >= 4 is 5.97 Å². The zero-order chi connectivity index (χ0) is 15.9. The van der Waals surface area contributed by atoms with Gasteiger partial charge in [0.1, 0.15) is 5.75 Å². The second-order valence-electron chi connectivity index (χ2n) is 5.80. The Balaban J connectivity index is 1.90. The molecule has 1 N–H and O–H groups in total. The van der Waals surface area contributed by atoms with Crippen molar-refractivity contribution in [2.45, 2.75) is 32.9 Å². The fourth-order valence-electron chi connectivity index (χ4n) is 2.96. The van der Waals surface area contributed by atoms with Crippen LogP contribution in [0.1, 0.15) is 25.8 Å². The fourth-order valence-corrected chi connectivity index (χ4v) is 2.96. The summed E-state index contributed by atoms with van der Waals surface area (Å²) < 4.78 is 5.69. The molecule has 0 saturated carbocycles. The molecular formula is C17H26N2O3. The third kappa shape index (κ3) is 4.71. The molecule has 1 aromatic carbocycles. The number of benzene rings is 1. The molecule has 1 aromatic rings. The van der Waals surface area contributed by atoms with E-state index in [1.165, 1.54) is 5.56 Å². The Bertz CT molecular complexity index is 493. The Hall–Kier alpha value is -1.59. The maximum absolute atomic E-state index is 10.7. The minimum Gasteiger partial charge on any atom is -0.494 e. The molecule has 0 spiro atoms.